The molecule has 0 aliphatic rings. The van der Waals surface area contributed by atoms with E-state index in [1.54, 1.807) is 24.4 Å². The van der Waals surface area contributed by atoms with Gasteiger partial charge in [-0.25, -0.2) is 9.78 Å². The zero-order valence-corrected chi connectivity index (χ0v) is 20.2. The van der Waals surface area contributed by atoms with E-state index in [9.17, 15) is 14.4 Å². The fourth-order valence-electron chi connectivity index (χ4n) is 3.56. The van der Waals surface area contributed by atoms with Crippen LogP contribution in [-0.2, 0) is 9.59 Å². The van der Waals surface area contributed by atoms with Crippen LogP contribution in [0.25, 0.3) is 27.3 Å². The summed E-state index contributed by atoms with van der Waals surface area (Å²) in [5.74, 6) is -0.767. The Morgan fingerprint density at radius 2 is 1.81 bits per heavy atom. The first-order valence-corrected chi connectivity index (χ1v) is 11.8. The molecule has 4 amide bonds. The van der Waals surface area contributed by atoms with E-state index >= 15 is 0 Å². The number of nitrogen functional groups attached to an aromatic ring is 1. The number of nitrogens with one attached hydrogen (secondary N) is 3. The molecule has 182 valence electrons. The van der Waals surface area contributed by atoms with Crippen LogP contribution in [0.2, 0.25) is 0 Å². The molecule has 7 N–H and O–H groups in total. The summed E-state index contributed by atoms with van der Waals surface area (Å²) in [6.07, 6.45) is 4.41. The molecule has 0 bridgehead atoms. The van der Waals surface area contributed by atoms with Crippen LogP contribution in [0.15, 0.2) is 66.2 Å². The molecule has 10 heteroatoms. The van der Waals surface area contributed by atoms with Crippen LogP contribution in [0.3, 0.4) is 0 Å². The van der Waals surface area contributed by atoms with Gasteiger partial charge < -0.3 is 22.1 Å². The third kappa shape index (κ3) is 5.74. The molecule has 0 saturated carbocycles. The number of nitrogens with two attached hydrogens (primary N) is 2. The van der Waals surface area contributed by atoms with E-state index < -0.39 is 11.8 Å². The number of hydrogen-bond acceptors (Lipinski definition) is 7. The van der Waals surface area contributed by atoms with Gasteiger partial charge in [-0.2, -0.15) is 0 Å². The predicted molar refractivity (Wildman–Crippen MR) is 145 cm³/mol. The topological polar surface area (TPSA) is 152 Å². The van der Waals surface area contributed by atoms with E-state index in [0.29, 0.717) is 22.8 Å². The number of fused-ring (bicyclic) bond motifs is 1. The Morgan fingerprint density at radius 1 is 1.06 bits per heavy atom. The number of nitrogens with zero attached hydrogens (tertiary/aromatic N) is 1. The number of anilines is 3. The summed E-state index contributed by atoms with van der Waals surface area (Å²) in [7, 11) is 0. The molecule has 0 aliphatic heterocycles. The van der Waals surface area contributed by atoms with Crippen molar-refractivity contribution in [1.29, 1.82) is 0 Å². The number of aromatic nitrogens is 1. The summed E-state index contributed by atoms with van der Waals surface area (Å²) >= 11 is 1.47. The molecule has 0 fully saturated rings. The average molecular weight is 501 g/mol. The molecule has 36 heavy (non-hydrogen) atoms. The number of carbonyl (C=O) groups excluding carboxylic acids is 3. The molecule has 4 aromatic rings. The monoisotopic (exact) mass is 500 g/mol. The zero-order chi connectivity index (χ0) is 25.7. The van der Waals surface area contributed by atoms with E-state index in [0.717, 1.165) is 26.8 Å². The van der Waals surface area contributed by atoms with Gasteiger partial charge in [0.05, 0.1) is 6.54 Å². The van der Waals surface area contributed by atoms with Crippen LogP contribution < -0.4 is 27.4 Å². The second-order valence-electron chi connectivity index (χ2n) is 7.93. The molecular formula is C26H24N6O3S. The fourth-order valence-corrected chi connectivity index (χ4v) is 4.64. The smallest absolute Gasteiger partial charge is 0.323 e. The number of rotatable bonds is 6. The lowest BCUT2D eigenvalue weighted by Gasteiger charge is -2.09. The maximum Gasteiger partial charge on any atom is 0.323 e. The third-order valence-electron chi connectivity index (χ3n) is 5.24. The van der Waals surface area contributed by atoms with Gasteiger partial charge in [0.25, 0.3) is 5.91 Å². The van der Waals surface area contributed by atoms with Crippen molar-refractivity contribution in [2.24, 2.45) is 5.73 Å². The van der Waals surface area contributed by atoms with E-state index in [1.165, 1.54) is 17.4 Å². The van der Waals surface area contributed by atoms with Crippen molar-refractivity contribution in [2.45, 2.75) is 6.92 Å². The summed E-state index contributed by atoms with van der Waals surface area (Å²) in [5, 5.41) is 10.5. The number of hydrogen-bond donors (Lipinski definition) is 5. The van der Waals surface area contributed by atoms with Gasteiger partial charge in [-0.3, -0.25) is 14.9 Å². The Morgan fingerprint density at radius 3 is 2.53 bits per heavy atom. The first kappa shape index (κ1) is 24.6. The summed E-state index contributed by atoms with van der Waals surface area (Å²) in [6.45, 7) is 1.69. The summed E-state index contributed by atoms with van der Waals surface area (Å²) in [5.41, 5.74) is 16.3. The molecule has 0 saturated heterocycles. The Labute approximate surface area is 211 Å². The van der Waals surface area contributed by atoms with Gasteiger partial charge in [-0.15, -0.1) is 11.3 Å². The van der Waals surface area contributed by atoms with Gasteiger partial charge in [-0.05, 0) is 53.8 Å². The highest BCUT2D eigenvalue weighted by atomic mass is 32.1. The van der Waals surface area contributed by atoms with Crippen molar-refractivity contribution in [3.8, 4) is 11.1 Å². The second-order valence-corrected chi connectivity index (χ2v) is 8.81. The number of carbonyl (C=O) groups is 3. The highest BCUT2D eigenvalue weighted by molar-refractivity contribution is 7.18. The van der Waals surface area contributed by atoms with Crippen molar-refractivity contribution in [1.82, 2.24) is 10.3 Å². The molecule has 4 rings (SSSR count). The molecular weight excluding hydrogens is 476 g/mol. The third-order valence-corrected chi connectivity index (χ3v) is 6.27. The molecule has 9 nitrogen and oxygen atoms in total. The molecule has 2 aromatic carbocycles. The van der Waals surface area contributed by atoms with Crippen molar-refractivity contribution >= 4 is 62.5 Å². The number of imide groups is 1. The maximum atomic E-state index is 12.3. The summed E-state index contributed by atoms with van der Waals surface area (Å²) in [6, 6.07) is 14.6. The number of urea groups is 1. The van der Waals surface area contributed by atoms with Crippen LogP contribution in [-0.4, -0.2) is 29.4 Å². The minimum Gasteiger partial charge on any atom is -0.383 e. The average Bonchev–Trinajstić information content (AvgIpc) is 3.30. The molecule has 2 heterocycles. The van der Waals surface area contributed by atoms with Crippen molar-refractivity contribution in [3.05, 3.63) is 77.3 Å². The minimum absolute atomic E-state index is 0.271. The van der Waals surface area contributed by atoms with Gasteiger partial charge in [0.1, 0.15) is 5.82 Å². The molecule has 0 unspecified atom stereocenters. The lowest BCUT2D eigenvalue weighted by Crippen LogP contribution is -2.34. The summed E-state index contributed by atoms with van der Waals surface area (Å²) in [4.78, 5) is 39.8. The lowest BCUT2D eigenvalue weighted by atomic mass is 10.0. The van der Waals surface area contributed by atoms with Crippen molar-refractivity contribution < 1.29 is 14.4 Å². The van der Waals surface area contributed by atoms with E-state index in [4.69, 9.17) is 11.5 Å². The Kier molecular flexibility index (Phi) is 7.38. The Hall–Kier alpha value is -4.54. The van der Waals surface area contributed by atoms with Crippen molar-refractivity contribution in [3.63, 3.8) is 0 Å². The first-order valence-electron chi connectivity index (χ1n) is 11.0. The number of benzene rings is 2. The molecule has 0 aliphatic carbocycles. The number of thiophene rings is 1. The largest absolute Gasteiger partial charge is 0.383 e. The van der Waals surface area contributed by atoms with Gasteiger partial charge in [0.2, 0.25) is 5.91 Å². The molecule has 2 aromatic heterocycles. The van der Waals surface area contributed by atoms with Gasteiger partial charge in [0.15, 0.2) is 0 Å². The highest BCUT2D eigenvalue weighted by Gasteiger charge is 2.14. The van der Waals surface area contributed by atoms with Crippen molar-refractivity contribution in [2.75, 3.05) is 22.9 Å². The fraction of sp³-hybridized carbons (Fsp3) is 0.0769. The van der Waals surface area contributed by atoms with Crippen LogP contribution >= 0.6 is 11.3 Å². The SMILES string of the molecule is Cc1cccc(NC(=O)Nc2ccc(-c3csc4c(C=CC(=O)NC(=O)CN)cnc(N)c34)cc2)c1. The normalized spacial score (nSPS) is 10.9. The zero-order valence-electron chi connectivity index (χ0n) is 19.4. The van der Waals surface area contributed by atoms with Crippen LogP contribution in [0.5, 0.6) is 0 Å². The number of aryl methyl sites for hydroxylation is 1. The van der Waals surface area contributed by atoms with Crippen LogP contribution in [0.1, 0.15) is 11.1 Å². The minimum atomic E-state index is -0.568. The molecule has 0 spiro atoms. The predicted octanol–water partition coefficient (Wildman–Crippen LogP) is 4.11. The van der Waals surface area contributed by atoms with Gasteiger partial charge in [0, 0.05) is 44.9 Å². The molecule has 0 atom stereocenters. The van der Waals surface area contributed by atoms with Crippen LogP contribution in [0.4, 0.5) is 22.0 Å². The summed E-state index contributed by atoms with van der Waals surface area (Å²) < 4.78 is 0.853. The lowest BCUT2D eigenvalue weighted by molar-refractivity contribution is -0.127. The van der Waals surface area contributed by atoms with Crippen LogP contribution in [0, 0.1) is 6.92 Å². The molecule has 0 radical (unpaired) electrons. The van der Waals surface area contributed by atoms with E-state index in [-0.39, 0.29) is 12.6 Å². The van der Waals surface area contributed by atoms with Gasteiger partial charge in [-0.1, -0.05) is 24.3 Å². The maximum absolute atomic E-state index is 12.3. The quantitative estimate of drug-likeness (QED) is 0.251. The van der Waals surface area contributed by atoms with E-state index in [2.05, 4.69) is 20.9 Å². The highest BCUT2D eigenvalue weighted by Crippen LogP contribution is 2.39. The van der Waals surface area contributed by atoms with E-state index in [1.807, 2.05) is 48.7 Å². The van der Waals surface area contributed by atoms with Gasteiger partial charge >= 0.3 is 6.03 Å². The second kappa shape index (κ2) is 10.8. The number of amides is 4. The first-order chi connectivity index (χ1) is 17.3. The Balaban J connectivity index is 1.52. The number of pyridine rings is 1. The standard InChI is InChI=1S/C26H24N6O3S/c1-15-3-2-4-19(11-15)31-26(35)30-18-8-5-16(6-9-18)20-14-36-24-17(13-29-25(28)23(20)24)7-10-21(33)32-22(34)12-27/h2-11,13-14H,12,27H2,1H3,(H2,28,29)(H2,30,31,35)(H,32,33,34). The Bertz CT molecular complexity index is 1480.